The number of benzene rings is 1. The predicted molar refractivity (Wildman–Crippen MR) is 79.5 cm³/mol. The van der Waals surface area contributed by atoms with E-state index in [1.807, 2.05) is 6.07 Å². The third-order valence-corrected chi connectivity index (χ3v) is 3.98. The molecule has 1 aromatic rings. The summed E-state index contributed by atoms with van der Waals surface area (Å²) in [5.74, 6) is 5.82. The molecule has 0 heterocycles. The molecule has 4 heteroatoms. The summed E-state index contributed by atoms with van der Waals surface area (Å²) in [6, 6.07) is 5.14. The average molecular weight is 287 g/mol. The normalized spacial score (nSPS) is 14.4. The fourth-order valence-electron chi connectivity index (χ4n) is 2.44. The van der Waals surface area contributed by atoms with Crippen molar-refractivity contribution in [2.24, 2.45) is 11.8 Å². The van der Waals surface area contributed by atoms with Crippen molar-refractivity contribution in [1.82, 2.24) is 5.43 Å². The highest BCUT2D eigenvalue weighted by Crippen LogP contribution is 2.22. The zero-order valence-corrected chi connectivity index (χ0v) is 12.5. The van der Waals surface area contributed by atoms with Gasteiger partial charge in [0.2, 0.25) is 0 Å². The lowest BCUT2D eigenvalue weighted by Gasteiger charge is -2.25. The van der Waals surface area contributed by atoms with Crippen molar-refractivity contribution in [1.29, 1.82) is 0 Å². The lowest BCUT2D eigenvalue weighted by molar-refractivity contribution is 0.318. The number of hydrogen-bond donors (Lipinski definition) is 2. The summed E-state index contributed by atoms with van der Waals surface area (Å²) in [4.78, 5) is 0. The molecule has 1 aromatic carbocycles. The molecule has 1 rings (SSSR count). The molecule has 0 fully saturated rings. The highest BCUT2D eigenvalue weighted by atomic mass is 35.5. The summed E-state index contributed by atoms with van der Waals surface area (Å²) in [7, 11) is 0. The lowest BCUT2D eigenvalue weighted by atomic mass is 9.88. The molecule has 0 spiro atoms. The first kappa shape index (κ1) is 16.4. The summed E-state index contributed by atoms with van der Waals surface area (Å²) < 4.78 is 13.4. The Balaban J connectivity index is 2.70. The molecular weight excluding hydrogens is 263 g/mol. The third kappa shape index (κ3) is 5.09. The molecular formula is C15H24ClFN2. The van der Waals surface area contributed by atoms with E-state index >= 15 is 0 Å². The molecule has 108 valence electrons. The van der Waals surface area contributed by atoms with Gasteiger partial charge in [0, 0.05) is 6.04 Å². The zero-order chi connectivity index (χ0) is 14.3. The van der Waals surface area contributed by atoms with Crippen LogP contribution in [0.15, 0.2) is 18.2 Å². The molecule has 0 bridgehead atoms. The maximum Gasteiger partial charge on any atom is 0.142 e. The number of nitrogens with one attached hydrogen (secondary N) is 1. The van der Waals surface area contributed by atoms with Crippen LogP contribution in [-0.4, -0.2) is 6.04 Å². The van der Waals surface area contributed by atoms with Crippen LogP contribution < -0.4 is 11.3 Å². The molecule has 0 aliphatic carbocycles. The summed E-state index contributed by atoms with van der Waals surface area (Å²) in [5.41, 5.74) is 3.82. The summed E-state index contributed by atoms with van der Waals surface area (Å²) in [6.45, 7) is 4.36. The minimum absolute atomic E-state index is 0.166. The monoisotopic (exact) mass is 286 g/mol. The number of hydrogen-bond acceptors (Lipinski definition) is 2. The first-order valence-electron chi connectivity index (χ1n) is 7.02. The van der Waals surface area contributed by atoms with Crippen LogP contribution in [-0.2, 0) is 6.42 Å². The molecule has 0 radical (unpaired) electrons. The van der Waals surface area contributed by atoms with E-state index in [1.165, 1.54) is 18.9 Å². The van der Waals surface area contributed by atoms with Crippen LogP contribution in [0.3, 0.4) is 0 Å². The van der Waals surface area contributed by atoms with Gasteiger partial charge in [-0.25, -0.2) is 4.39 Å². The van der Waals surface area contributed by atoms with E-state index < -0.39 is 0 Å². The van der Waals surface area contributed by atoms with E-state index in [9.17, 15) is 4.39 Å². The first-order chi connectivity index (χ1) is 9.12. The Kier molecular flexibility index (Phi) is 7.36. The van der Waals surface area contributed by atoms with Crippen molar-refractivity contribution in [2.45, 2.75) is 52.0 Å². The second-order valence-corrected chi connectivity index (χ2v) is 5.44. The summed E-state index contributed by atoms with van der Waals surface area (Å²) in [5, 5.41) is 0.166. The number of nitrogens with two attached hydrogens (primary N) is 1. The van der Waals surface area contributed by atoms with Gasteiger partial charge in [-0.2, -0.15) is 0 Å². The Morgan fingerprint density at radius 1 is 1.37 bits per heavy atom. The third-order valence-electron chi connectivity index (χ3n) is 3.68. The van der Waals surface area contributed by atoms with E-state index in [0.717, 1.165) is 24.8 Å². The molecule has 2 atom stereocenters. The Morgan fingerprint density at radius 3 is 2.63 bits per heavy atom. The van der Waals surface area contributed by atoms with Crippen molar-refractivity contribution in [3.8, 4) is 0 Å². The Morgan fingerprint density at radius 2 is 2.11 bits per heavy atom. The minimum atomic E-state index is -0.364. The van der Waals surface area contributed by atoms with Crippen LogP contribution in [0.1, 0.15) is 45.1 Å². The topological polar surface area (TPSA) is 38.0 Å². The molecule has 0 saturated heterocycles. The Hall–Kier alpha value is -0.640. The molecule has 19 heavy (non-hydrogen) atoms. The van der Waals surface area contributed by atoms with Gasteiger partial charge in [0.25, 0.3) is 0 Å². The Bertz CT molecular complexity index is 384. The van der Waals surface area contributed by atoms with Gasteiger partial charge in [-0.15, -0.1) is 0 Å². The molecule has 3 N–H and O–H groups in total. The van der Waals surface area contributed by atoms with Gasteiger partial charge in [0.05, 0.1) is 5.02 Å². The van der Waals surface area contributed by atoms with Crippen LogP contribution in [0.4, 0.5) is 4.39 Å². The van der Waals surface area contributed by atoms with Crippen molar-refractivity contribution in [3.63, 3.8) is 0 Å². The maximum absolute atomic E-state index is 13.4. The number of halogens is 2. The molecule has 2 unspecified atom stereocenters. The Labute approximate surface area is 120 Å². The van der Waals surface area contributed by atoms with Crippen molar-refractivity contribution in [3.05, 3.63) is 34.6 Å². The van der Waals surface area contributed by atoms with E-state index in [4.69, 9.17) is 17.4 Å². The van der Waals surface area contributed by atoms with E-state index in [-0.39, 0.29) is 16.9 Å². The van der Waals surface area contributed by atoms with Gasteiger partial charge in [0.1, 0.15) is 5.82 Å². The predicted octanol–water partition coefficient (Wildman–Crippen LogP) is 4.07. The number of rotatable bonds is 8. The van der Waals surface area contributed by atoms with Crippen LogP contribution in [0.2, 0.25) is 5.02 Å². The largest absolute Gasteiger partial charge is 0.271 e. The average Bonchev–Trinajstić information content (AvgIpc) is 2.42. The summed E-state index contributed by atoms with van der Waals surface area (Å²) >= 11 is 5.69. The SMILES string of the molecule is CCCCC(CC)C(Cc1ccc(Cl)c(F)c1)NN. The summed E-state index contributed by atoms with van der Waals surface area (Å²) in [6.07, 6.45) is 5.34. The second kappa shape index (κ2) is 8.51. The quantitative estimate of drug-likeness (QED) is 0.558. The lowest BCUT2D eigenvalue weighted by Crippen LogP contribution is -2.42. The first-order valence-corrected chi connectivity index (χ1v) is 7.40. The van der Waals surface area contributed by atoms with Gasteiger partial charge < -0.3 is 0 Å². The highest BCUT2D eigenvalue weighted by Gasteiger charge is 2.19. The van der Waals surface area contributed by atoms with Crippen molar-refractivity contribution in [2.75, 3.05) is 0 Å². The van der Waals surface area contributed by atoms with Crippen LogP contribution in [0, 0.1) is 11.7 Å². The molecule has 0 aliphatic rings. The van der Waals surface area contributed by atoms with Crippen molar-refractivity contribution < 1.29 is 4.39 Å². The van der Waals surface area contributed by atoms with Crippen LogP contribution in [0.25, 0.3) is 0 Å². The van der Waals surface area contributed by atoms with Gasteiger partial charge >= 0.3 is 0 Å². The van der Waals surface area contributed by atoms with Gasteiger partial charge in [-0.3, -0.25) is 11.3 Å². The highest BCUT2D eigenvalue weighted by molar-refractivity contribution is 6.30. The molecule has 0 amide bonds. The standard InChI is InChI=1S/C15H24ClFN2/c1-3-5-6-12(4-2)15(19-18)10-11-7-8-13(16)14(17)9-11/h7-9,12,15,19H,3-6,10,18H2,1-2H3. The van der Waals surface area contributed by atoms with Gasteiger partial charge in [-0.1, -0.05) is 50.8 Å². The maximum atomic E-state index is 13.4. The molecule has 0 saturated carbocycles. The number of hydrazine groups is 1. The van der Waals surface area contributed by atoms with Gasteiger partial charge in [0.15, 0.2) is 0 Å². The van der Waals surface area contributed by atoms with Crippen molar-refractivity contribution >= 4 is 11.6 Å². The number of unbranched alkanes of at least 4 members (excludes halogenated alkanes) is 1. The van der Waals surface area contributed by atoms with Crippen LogP contribution >= 0.6 is 11.6 Å². The molecule has 2 nitrogen and oxygen atoms in total. The van der Waals surface area contributed by atoms with E-state index in [0.29, 0.717) is 5.92 Å². The zero-order valence-electron chi connectivity index (χ0n) is 11.8. The fourth-order valence-corrected chi connectivity index (χ4v) is 2.56. The van der Waals surface area contributed by atoms with E-state index in [2.05, 4.69) is 19.3 Å². The molecule has 0 aromatic heterocycles. The van der Waals surface area contributed by atoms with Gasteiger partial charge in [-0.05, 0) is 36.5 Å². The minimum Gasteiger partial charge on any atom is -0.271 e. The fraction of sp³-hybridized carbons (Fsp3) is 0.600. The molecule has 0 aliphatic heterocycles. The smallest absolute Gasteiger partial charge is 0.142 e. The van der Waals surface area contributed by atoms with Crippen LogP contribution in [0.5, 0.6) is 0 Å². The second-order valence-electron chi connectivity index (χ2n) is 5.04. The van der Waals surface area contributed by atoms with E-state index in [1.54, 1.807) is 6.07 Å².